The first kappa shape index (κ1) is 18.2. The fourth-order valence-corrected chi connectivity index (χ4v) is 2.81. The predicted octanol–water partition coefficient (Wildman–Crippen LogP) is 4.28. The fraction of sp³-hybridized carbons (Fsp3) is 0.350. The van der Waals surface area contributed by atoms with E-state index in [-0.39, 0.29) is 0 Å². The van der Waals surface area contributed by atoms with Crippen LogP contribution in [0, 0.1) is 0 Å². The van der Waals surface area contributed by atoms with Crippen LogP contribution in [0.1, 0.15) is 47.7 Å². The van der Waals surface area contributed by atoms with Crippen LogP contribution in [0.5, 0.6) is 0 Å². The van der Waals surface area contributed by atoms with Gasteiger partial charge in [-0.2, -0.15) is 0 Å². The normalized spacial score (nSPS) is 11.2. The van der Waals surface area contributed by atoms with Crippen molar-refractivity contribution in [2.75, 3.05) is 13.7 Å². The summed E-state index contributed by atoms with van der Waals surface area (Å²) in [5.74, 6) is -0.868. The van der Waals surface area contributed by atoms with Gasteiger partial charge in [-0.1, -0.05) is 50.1 Å². The summed E-state index contributed by atoms with van der Waals surface area (Å²) in [6, 6.07) is 13.5. The van der Waals surface area contributed by atoms with Crippen molar-refractivity contribution < 1.29 is 14.7 Å². The highest BCUT2D eigenvalue weighted by Crippen LogP contribution is 2.36. The highest BCUT2D eigenvalue weighted by atomic mass is 16.6. The maximum atomic E-state index is 10.9. The number of nitrogens with one attached hydrogen (secondary N) is 1. The largest absolute Gasteiger partial charge is 0.478 e. The standard InChI is InChI=1S/C14H10O2.C6H15NO/c15-14(16)11-6-5-10-7-9-3-1-2-4-12(9)13(10)8-11;1-3-4-5-6-7-8-2/h1-6,8H,7H2,(H,15,16);7H,3-6H2,1-2H3. The highest BCUT2D eigenvalue weighted by Gasteiger charge is 2.18. The van der Waals surface area contributed by atoms with Gasteiger partial charge >= 0.3 is 5.97 Å². The van der Waals surface area contributed by atoms with E-state index in [1.54, 1.807) is 19.2 Å². The van der Waals surface area contributed by atoms with Crippen LogP contribution >= 0.6 is 0 Å². The Kier molecular flexibility index (Phi) is 6.97. The van der Waals surface area contributed by atoms with E-state index in [4.69, 9.17) is 5.11 Å². The molecule has 3 rings (SSSR count). The first-order valence-corrected chi connectivity index (χ1v) is 8.37. The first-order chi connectivity index (χ1) is 11.7. The van der Waals surface area contributed by atoms with E-state index in [9.17, 15) is 4.79 Å². The Hall–Kier alpha value is -2.17. The molecule has 4 heteroatoms. The molecular weight excluding hydrogens is 302 g/mol. The summed E-state index contributed by atoms with van der Waals surface area (Å²) in [6.07, 6.45) is 4.68. The van der Waals surface area contributed by atoms with E-state index in [1.165, 1.54) is 36.0 Å². The maximum Gasteiger partial charge on any atom is 0.335 e. The van der Waals surface area contributed by atoms with Gasteiger partial charge in [-0.25, -0.2) is 10.3 Å². The second-order valence-corrected chi connectivity index (χ2v) is 5.82. The molecule has 0 aliphatic heterocycles. The van der Waals surface area contributed by atoms with Crippen molar-refractivity contribution in [2.45, 2.75) is 32.6 Å². The molecule has 0 radical (unpaired) electrons. The van der Waals surface area contributed by atoms with E-state index in [2.05, 4.69) is 23.3 Å². The lowest BCUT2D eigenvalue weighted by molar-refractivity contribution is 0.0697. The minimum absolute atomic E-state index is 0.357. The number of carbonyl (C=O) groups is 1. The van der Waals surface area contributed by atoms with Gasteiger partial charge in [0, 0.05) is 6.54 Å². The van der Waals surface area contributed by atoms with Crippen LogP contribution in [0.3, 0.4) is 0 Å². The van der Waals surface area contributed by atoms with Crippen LogP contribution in [0.4, 0.5) is 0 Å². The van der Waals surface area contributed by atoms with Crippen LogP contribution in [0.2, 0.25) is 0 Å². The minimum Gasteiger partial charge on any atom is -0.478 e. The molecule has 0 heterocycles. The zero-order valence-corrected chi connectivity index (χ0v) is 14.3. The van der Waals surface area contributed by atoms with Crippen molar-refractivity contribution in [1.82, 2.24) is 5.48 Å². The van der Waals surface area contributed by atoms with Crippen LogP contribution in [-0.2, 0) is 11.3 Å². The van der Waals surface area contributed by atoms with E-state index in [0.29, 0.717) is 5.56 Å². The topological polar surface area (TPSA) is 58.6 Å². The molecule has 2 N–H and O–H groups in total. The lowest BCUT2D eigenvalue weighted by Gasteiger charge is -2.01. The molecule has 2 aromatic rings. The van der Waals surface area contributed by atoms with Crippen molar-refractivity contribution in [2.24, 2.45) is 0 Å². The summed E-state index contributed by atoms with van der Waals surface area (Å²) >= 11 is 0. The lowest BCUT2D eigenvalue weighted by atomic mass is 10.0. The Morgan fingerprint density at radius 1 is 1.12 bits per heavy atom. The summed E-state index contributed by atoms with van der Waals surface area (Å²) in [5.41, 5.74) is 7.86. The van der Waals surface area contributed by atoms with Gasteiger partial charge in [0.05, 0.1) is 12.7 Å². The van der Waals surface area contributed by atoms with E-state index in [0.717, 1.165) is 18.5 Å². The molecule has 0 atom stereocenters. The van der Waals surface area contributed by atoms with Gasteiger partial charge in [0.2, 0.25) is 0 Å². The average Bonchev–Trinajstić information content (AvgIpc) is 2.97. The Bertz CT molecular complexity index is 676. The molecule has 0 fully saturated rings. The molecule has 0 aromatic heterocycles. The number of fused-ring (bicyclic) bond motifs is 3. The second kappa shape index (κ2) is 9.21. The number of carboxylic acid groups (broad SMARTS) is 1. The number of benzene rings is 2. The average molecular weight is 327 g/mol. The van der Waals surface area contributed by atoms with Gasteiger partial charge < -0.3 is 9.94 Å². The number of hydrogen-bond acceptors (Lipinski definition) is 3. The van der Waals surface area contributed by atoms with Gasteiger partial charge in [-0.15, -0.1) is 0 Å². The number of hydrogen-bond donors (Lipinski definition) is 2. The van der Waals surface area contributed by atoms with Crippen molar-refractivity contribution >= 4 is 5.97 Å². The van der Waals surface area contributed by atoms with Crippen LogP contribution in [0.25, 0.3) is 11.1 Å². The third-order valence-corrected chi connectivity index (χ3v) is 4.07. The molecule has 128 valence electrons. The number of aromatic carboxylic acids is 1. The van der Waals surface area contributed by atoms with Gasteiger partial charge in [0.25, 0.3) is 0 Å². The van der Waals surface area contributed by atoms with E-state index < -0.39 is 5.97 Å². The van der Waals surface area contributed by atoms with Crippen molar-refractivity contribution in [1.29, 1.82) is 0 Å². The molecule has 0 saturated heterocycles. The summed E-state index contributed by atoms with van der Waals surface area (Å²) < 4.78 is 0. The van der Waals surface area contributed by atoms with Crippen LogP contribution < -0.4 is 5.48 Å². The summed E-state index contributed by atoms with van der Waals surface area (Å²) in [5, 5.41) is 8.96. The fourth-order valence-electron chi connectivity index (χ4n) is 2.81. The number of rotatable bonds is 6. The van der Waals surface area contributed by atoms with E-state index in [1.807, 2.05) is 24.3 Å². The third kappa shape index (κ3) is 4.66. The zero-order valence-electron chi connectivity index (χ0n) is 14.3. The molecule has 1 aliphatic carbocycles. The smallest absolute Gasteiger partial charge is 0.335 e. The summed E-state index contributed by atoms with van der Waals surface area (Å²) in [4.78, 5) is 15.6. The van der Waals surface area contributed by atoms with Gasteiger partial charge in [0.15, 0.2) is 0 Å². The van der Waals surface area contributed by atoms with Crippen molar-refractivity contribution in [3.63, 3.8) is 0 Å². The van der Waals surface area contributed by atoms with Gasteiger partial charge in [0.1, 0.15) is 0 Å². The van der Waals surface area contributed by atoms with E-state index >= 15 is 0 Å². The molecule has 4 nitrogen and oxygen atoms in total. The molecule has 0 bridgehead atoms. The lowest BCUT2D eigenvalue weighted by Crippen LogP contribution is -2.12. The monoisotopic (exact) mass is 327 g/mol. The number of unbranched alkanes of at least 4 members (excludes halogenated alkanes) is 2. The molecule has 0 spiro atoms. The first-order valence-electron chi connectivity index (χ1n) is 8.37. The number of carboxylic acids is 1. The molecule has 0 saturated carbocycles. The van der Waals surface area contributed by atoms with Gasteiger partial charge in [-0.3, -0.25) is 0 Å². The van der Waals surface area contributed by atoms with Crippen molar-refractivity contribution in [3.8, 4) is 11.1 Å². The second-order valence-electron chi connectivity index (χ2n) is 5.82. The number of hydroxylamine groups is 1. The predicted molar refractivity (Wildman–Crippen MR) is 96.2 cm³/mol. The van der Waals surface area contributed by atoms with Gasteiger partial charge in [-0.05, 0) is 47.2 Å². The van der Waals surface area contributed by atoms with Crippen molar-refractivity contribution in [3.05, 3.63) is 59.2 Å². The van der Waals surface area contributed by atoms with Crippen LogP contribution in [-0.4, -0.2) is 24.7 Å². The minimum atomic E-state index is -0.868. The Balaban J connectivity index is 0.000000224. The molecule has 24 heavy (non-hydrogen) atoms. The zero-order chi connectivity index (χ0) is 17.4. The third-order valence-electron chi connectivity index (χ3n) is 4.07. The maximum absolute atomic E-state index is 10.9. The molecule has 2 aromatic carbocycles. The molecular formula is C20H25NO3. The Labute approximate surface area is 143 Å². The SMILES string of the molecule is CCCCCNOC.O=C(O)c1ccc2c(c1)-c1ccccc1C2. The quantitative estimate of drug-likeness (QED) is 0.524. The van der Waals surface area contributed by atoms with Crippen LogP contribution in [0.15, 0.2) is 42.5 Å². The Morgan fingerprint density at radius 3 is 2.58 bits per heavy atom. The molecule has 1 aliphatic rings. The summed E-state index contributed by atoms with van der Waals surface area (Å²) in [7, 11) is 1.64. The summed E-state index contributed by atoms with van der Waals surface area (Å²) in [6.45, 7) is 3.16. The molecule has 0 unspecified atom stereocenters. The highest BCUT2D eigenvalue weighted by molar-refractivity contribution is 5.91. The Morgan fingerprint density at radius 2 is 1.88 bits per heavy atom. The molecule has 0 amide bonds.